The third-order valence-electron chi connectivity index (χ3n) is 2.92. The van der Waals surface area contributed by atoms with Crippen molar-refractivity contribution < 1.29 is 8.42 Å². The molecular formula is C16H26N4O2S. The van der Waals surface area contributed by atoms with Gasteiger partial charge in [0.15, 0.2) is 5.96 Å². The minimum Gasteiger partial charge on any atom is -0.370 e. The van der Waals surface area contributed by atoms with Crippen LogP contribution in [-0.4, -0.2) is 27.5 Å². The summed E-state index contributed by atoms with van der Waals surface area (Å²) < 4.78 is 26.8. The molecular weight excluding hydrogens is 312 g/mol. The van der Waals surface area contributed by atoms with Crippen molar-refractivity contribution in [3.8, 4) is 0 Å². The van der Waals surface area contributed by atoms with Crippen molar-refractivity contribution in [2.45, 2.75) is 32.2 Å². The van der Waals surface area contributed by atoms with E-state index >= 15 is 0 Å². The van der Waals surface area contributed by atoms with Gasteiger partial charge in [0.2, 0.25) is 10.0 Å². The van der Waals surface area contributed by atoms with Crippen LogP contribution in [0, 0.1) is 5.92 Å². The van der Waals surface area contributed by atoms with E-state index in [0.717, 1.165) is 11.1 Å². The van der Waals surface area contributed by atoms with E-state index in [1.165, 1.54) is 0 Å². The number of guanidine groups is 1. The van der Waals surface area contributed by atoms with Crippen molar-refractivity contribution in [1.29, 1.82) is 0 Å². The van der Waals surface area contributed by atoms with E-state index in [-0.39, 0.29) is 10.8 Å². The van der Waals surface area contributed by atoms with E-state index in [0.29, 0.717) is 25.6 Å². The number of nitrogens with two attached hydrogens (primary N) is 1. The molecule has 0 amide bonds. The van der Waals surface area contributed by atoms with Gasteiger partial charge in [-0.2, -0.15) is 0 Å². The van der Waals surface area contributed by atoms with E-state index in [1.54, 1.807) is 24.3 Å². The van der Waals surface area contributed by atoms with Crippen LogP contribution in [0.5, 0.6) is 0 Å². The van der Waals surface area contributed by atoms with Gasteiger partial charge in [0.05, 0.1) is 11.4 Å². The number of nitrogens with zero attached hydrogens (tertiary/aromatic N) is 1. The van der Waals surface area contributed by atoms with Crippen LogP contribution in [0.25, 0.3) is 0 Å². The first kappa shape index (κ1) is 19.2. The maximum absolute atomic E-state index is 12.1. The molecule has 0 saturated carbocycles. The van der Waals surface area contributed by atoms with E-state index in [1.807, 2.05) is 20.8 Å². The maximum Gasteiger partial charge on any atom is 0.240 e. The van der Waals surface area contributed by atoms with Gasteiger partial charge in [-0.3, -0.25) is 0 Å². The summed E-state index contributed by atoms with van der Waals surface area (Å²) in [5.41, 5.74) is 7.58. The van der Waals surface area contributed by atoms with E-state index < -0.39 is 10.0 Å². The lowest BCUT2D eigenvalue weighted by Gasteiger charge is -2.09. The fourth-order valence-corrected chi connectivity index (χ4v) is 2.82. The lowest BCUT2D eigenvalue weighted by atomic mass is 10.2. The molecule has 6 nitrogen and oxygen atoms in total. The zero-order valence-corrected chi connectivity index (χ0v) is 14.8. The van der Waals surface area contributed by atoms with Crippen molar-refractivity contribution in [2.75, 3.05) is 13.1 Å². The van der Waals surface area contributed by atoms with Gasteiger partial charge < -0.3 is 11.1 Å². The molecule has 0 fully saturated rings. The fraction of sp³-hybridized carbons (Fsp3) is 0.438. The number of benzene rings is 1. The highest BCUT2D eigenvalue weighted by atomic mass is 32.2. The van der Waals surface area contributed by atoms with Crippen molar-refractivity contribution in [1.82, 2.24) is 10.0 Å². The predicted molar refractivity (Wildman–Crippen MR) is 94.6 cm³/mol. The molecule has 0 atom stereocenters. The number of aliphatic imine (C=N–C) groups is 1. The summed E-state index contributed by atoms with van der Waals surface area (Å²) in [5.74, 6) is 0.594. The van der Waals surface area contributed by atoms with Crippen molar-refractivity contribution in [2.24, 2.45) is 16.6 Å². The second-order valence-electron chi connectivity index (χ2n) is 5.90. The number of hydrogen-bond donors (Lipinski definition) is 3. The molecule has 0 heterocycles. The second kappa shape index (κ2) is 8.69. The SMILES string of the molecule is C=C(C)CNC(N)=NCc1ccc(S(=O)(=O)NCC(C)C)cc1. The Hall–Kier alpha value is -1.86. The third kappa shape index (κ3) is 7.30. The Morgan fingerprint density at radius 1 is 1.30 bits per heavy atom. The molecule has 0 unspecified atom stereocenters. The molecule has 0 saturated heterocycles. The van der Waals surface area contributed by atoms with Crippen molar-refractivity contribution in [3.63, 3.8) is 0 Å². The minimum absolute atomic E-state index is 0.249. The average Bonchev–Trinajstić information content (AvgIpc) is 2.49. The van der Waals surface area contributed by atoms with Crippen LogP contribution >= 0.6 is 0 Å². The van der Waals surface area contributed by atoms with E-state index in [4.69, 9.17) is 5.73 Å². The Kier molecular flexibility index (Phi) is 7.25. The standard InChI is InChI=1S/C16H26N4O2S/c1-12(2)9-18-16(17)19-11-14-5-7-15(8-6-14)23(21,22)20-10-13(3)4/h5-8,13,20H,1,9-11H2,2-4H3,(H3,17,18,19). The topological polar surface area (TPSA) is 96.6 Å². The van der Waals surface area contributed by atoms with Crippen LogP contribution in [0.3, 0.4) is 0 Å². The molecule has 128 valence electrons. The van der Waals surface area contributed by atoms with Gasteiger partial charge in [-0.25, -0.2) is 18.1 Å². The molecule has 0 aromatic heterocycles. The van der Waals surface area contributed by atoms with Crippen LogP contribution < -0.4 is 15.8 Å². The molecule has 1 aromatic carbocycles. The Bertz CT molecular complexity index is 649. The van der Waals surface area contributed by atoms with Crippen LogP contribution in [0.2, 0.25) is 0 Å². The highest BCUT2D eigenvalue weighted by molar-refractivity contribution is 7.89. The largest absolute Gasteiger partial charge is 0.370 e. The third-order valence-corrected chi connectivity index (χ3v) is 4.36. The lowest BCUT2D eigenvalue weighted by molar-refractivity contribution is 0.560. The van der Waals surface area contributed by atoms with Gasteiger partial charge in [-0.1, -0.05) is 38.1 Å². The lowest BCUT2D eigenvalue weighted by Crippen LogP contribution is -2.32. The first-order valence-corrected chi connectivity index (χ1v) is 8.96. The Morgan fingerprint density at radius 2 is 1.91 bits per heavy atom. The highest BCUT2D eigenvalue weighted by Crippen LogP contribution is 2.11. The van der Waals surface area contributed by atoms with Gasteiger partial charge in [0, 0.05) is 13.1 Å². The van der Waals surface area contributed by atoms with Crippen molar-refractivity contribution in [3.05, 3.63) is 42.0 Å². The Labute approximate surface area is 138 Å². The molecule has 0 bridgehead atoms. The van der Waals surface area contributed by atoms with Gasteiger partial charge in [-0.15, -0.1) is 0 Å². The number of nitrogens with one attached hydrogen (secondary N) is 2. The molecule has 0 spiro atoms. The number of hydrogen-bond acceptors (Lipinski definition) is 3. The van der Waals surface area contributed by atoms with Crippen LogP contribution in [0.1, 0.15) is 26.3 Å². The monoisotopic (exact) mass is 338 g/mol. The maximum atomic E-state index is 12.1. The zero-order chi connectivity index (χ0) is 17.5. The summed E-state index contributed by atoms with van der Waals surface area (Å²) in [6.45, 7) is 10.9. The number of rotatable bonds is 8. The molecule has 0 aliphatic heterocycles. The van der Waals surface area contributed by atoms with Gasteiger partial charge in [0.25, 0.3) is 0 Å². The molecule has 23 heavy (non-hydrogen) atoms. The minimum atomic E-state index is -3.45. The second-order valence-corrected chi connectivity index (χ2v) is 7.67. The van der Waals surface area contributed by atoms with Crippen molar-refractivity contribution >= 4 is 16.0 Å². The summed E-state index contributed by atoms with van der Waals surface area (Å²) >= 11 is 0. The van der Waals surface area contributed by atoms with Gasteiger partial charge in [-0.05, 0) is 30.5 Å². The Balaban J connectivity index is 2.66. The zero-order valence-electron chi connectivity index (χ0n) is 14.0. The first-order chi connectivity index (χ1) is 10.7. The summed E-state index contributed by atoms with van der Waals surface area (Å²) in [4.78, 5) is 4.44. The van der Waals surface area contributed by atoms with Crippen LogP contribution in [0.15, 0.2) is 46.3 Å². The van der Waals surface area contributed by atoms with E-state index in [2.05, 4.69) is 21.6 Å². The quantitative estimate of drug-likeness (QED) is 0.381. The van der Waals surface area contributed by atoms with E-state index in [9.17, 15) is 8.42 Å². The normalized spacial score (nSPS) is 12.4. The van der Waals surface area contributed by atoms with Gasteiger partial charge in [0.1, 0.15) is 0 Å². The van der Waals surface area contributed by atoms with Crippen LogP contribution in [-0.2, 0) is 16.6 Å². The highest BCUT2D eigenvalue weighted by Gasteiger charge is 2.13. The summed E-state index contributed by atoms with van der Waals surface area (Å²) in [5, 5.41) is 2.94. The predicted octanol–water partition coefficient (Wildman–Crippen LogP) is 1.60. The summed E-state index contributed by atoms with van der Waals surface area (Å²) in [6, 6.07) is 6.62. The summed E-state index contributed by atoms with van der Waals surface area (Å²) in [7, 11) is -3.45. The van der Waals surface area contributed by atoms with Gasteiger partial charge >= 0.3 is 0 Å². The first-order valence-electron chi connectivity index (χ1n) is 7.47. The summed E-state index contributed by atoms with van der Waals surface area (Å²) in [6.07, 6.45) is 0. The molecule has 0 radical (unpaired) electrons. The molecule has 4 N–H and O–H groups in total. The van der Waals surface area contributed by atoms with Crippen LogP contribution in [0.4, 0.5) is 0 Å². The smallest absolute Gasteiger partial charge is 0.240 e. The average molecular weight is 338 g/mol. The molecule has 1 rings (SSSR count). The molecule has 7 heteroatoms. The molecule has 1 aromatic rings. The Morgan fingerprint density at radius 3 is 2.43 bits per heavy atom. The molecule has 0 aliphatic rings. The number of sulfonamides is 1. The fourth-order valence-electron chi connectivity index (χ4n) is 1.61. The molecule has 0 aliphatic carbocycles.